The van der Waals surface area contributed by atoms with E-state index in [0.717, 1.165) is 22.6 Å². The maximum absolute atomic E-state index is 12.7. The van der Waals surface area contributed by atoms with Crippen LogP contribution in [0, 0.1) is 0 Å². The van der Waals surface area contributed by atoms with E-state index in [2.05, 4.69) is 0 Å². The van der Waals surface area contributed by atoms with Gasteiger partial charge in [0.2, 0.25) is 15.9 Å². The van der Waals surface area contributed by atoms with Gasteiger partial charge in [-0.1, -0.05) is 12.1 Å². The summed E-state index contributed by atoms with van der Waals surface area (Å²) in [5, 5.41) is 0. The lowest BCUT2D eigenvalue weighted by molar-refractivity contribution is -0.117. The van der Waals surface area contributed by atoms with Gasteiger partial charge < -0.3 is 9.64 Å². The highest BCUT2D eigenvalue weighted by molar-refractivity contribution is 7.89. The van der Waals surface area contributed by atoms with Crippen LogP contribution in [0.5, 0.6) is 5.75 Å². The maximum Gasteiger partial charge on any atom is 0.242 e. The minimum Gasteiger partial charge on any atom is -0.497 e. The van der Waals surface area contributed by atoms with Gasteiger partial charge in [0.15, 0.2) is 0 Å². The average molecular weight is 374 g/mol. The first-order valence-electron chi connectivity index (χ1n) is 8.31. The number of rotatable bonds is 5. The van der Waals surface area contributed by atoms with Gasteiger partial charge in [-0.15, -0.1) is 0 Å². The molecule has 1 aliphatic heterocycles. The van der Waals surface area contributed by atoms with Crippen molar-refractivity contribution in [1.82, 2.24) is 4.31 Å². The number of fused-ring (bicyclic) bond motifs is 1. The molecule has 0 unspecified atom stereocenters. The summed E-state index contributed by atoms with van der Waals surface area (Å²) in [6.07, 6.45) is 0.946. The second kappa shape index (κ2) is 7.09. The Morgan fingerprint density at radius 1 is 1.15 bits per heavy atom. The van der Waals surface area contributed by atoms with E-state index in [4.69, 9.17) is 4.74 Å². The minimum atomic E-state index is -3.47. The highest BCUT2D eigenvalue weighted by Gasteiger charge is 2.27. The largest absolute Gasteiger partial charge is 0.497 e. The minimum absolute atomic E-state index is 0.00265. The van der Waals surface area contributed by atoms with E-state index in [0.29, 0.717) is 19.4 Å². The van der Waals surface area contributed by atoms with Crippen molar-refractivity contribution in [1.29, 1.82) is 0 Å². The number of ether oxygens (including phenoxy) is 1. The third kappa shape index (κ3) is 3.45. The number of carbonyl (C=O) groups is 1. The molecule has 0 aliphatic carbocycles. The van der Waals surface area contributed by atoms with Crippen molar-refractivity contribution in [2.24, 2.45) is 0 Å². The highest BCUT2D eigenvalue weighted by atomic mass is 32.2. The summed E-state index contributed by atoms with van der Waals surface area (Å²) in [5.41, 5.74) is 2.59. The third-order valence-electron chi connectivity index (χ3n) is 4.54. The first kappa shape index (κ1) is 18.4. The summed E-state index contributed by atoms with van der Waals surface area (Å²) in [6, 6.07) is 12.4. The summed E-state index contributed by atoms with van der Waals surface area (Å²) in [6.45, 7) is 0.565. The van der Waals surface area contributed by atoms with Gasteiger partial charge in [-0.25, -0.2) is 12.7 Å². The molecule has 0 N–H and O–H groups in total. The Morgan fingerprint density at radius 3 is 2.46 bits per heavy atom. The topological polar surface area (TPSA) is 66.9 Å². The smallest absolute Gasteiger partial charge is 0.242 e. The molecule has 0 saturated carbocycles. The van der Waals surface area contributed by atoms with Crippen molar-refractivity contribution in [3.63, 3.8) is 0 Å². The second-order valence-corrected chi connectivity index (χ2v) is 8.55. The zero-order valence-corrected chi connectivity index (χ0v) is 15.9. The Kier molecular flexibility index (Phi) is 5.02. The molecule has 2 aromatic rings. The molecule has 0 bridgehead atoms. The second-order valence-electron chi connectivity index (χ2n) is 6.40. The number of benzene rings is 2. The summed E-state index contributed by atoms with van der Waals surface area (Å²) in [7, 11) is 1.14. The van der Waals surface area contributed by atoms with Crippen molar-refractivity contribution in [3.05, 3.63) is 53.6 Å². The Labute approximate surface area is 154 Å². The first-order valence-corrected chi connectivity index (χ1v) is 9.75. The number of carbonyl (C=O) groups excluding carboxylic acids is 1. The molecule has 1 heterocycles. The van der Waals surface area contributed by atoms with Crippen LogP contribution in [-0.4, -0.2) is 46.4 Å². The molecule has 26 heavy (non-hydrogen) atoms. The molecule has 138 valence electrons. The molecule has 0 saturated heterocycles. The van der Waals surface area contributed by atoms with Gasteiger partial charge in [0, 0.05) is 26.3 Å². The molecule has 7 heteroatoms. The predicted octanol–water partition coefficient (Wildman–Crippen LogP) is 2.08. The van der Waals surface area contributed by atoms with Crippen molar-refractivity contribution >= 4 is 21.6 Å². The van der Waals surface area contributed by atoms with Crippen LogP contribution in [0.25, 0.3) is 0 Å². The molecule has 1 amide bonds. The number of anilines is 1. The van der Waals surface area contributed by atoms with Crippen LogP contribution < -0.4 is 9.64 Å². The van der Waals surface area contributed by atoms with E-state index in [1.54, 1.807) is 30.2 Å². The lowest BCUT2D eigenvalue weighted by Crippen LogP contribution is -2.30. The van der Waals surface area contributed by atoms with Gasteiger partial charge in [0.1, 0.15) is 5.75 Å². The van der Waals surface area contributed by atoms with E-state index >= 15 is 0 Å². The molecule has 6 nitrogen and oxygen atoms in total. The van der Waals surface area contributed by atoms with Crippen LogP contribution >= 0.6 is 0 Å². The fraction of sp³-hybridized carbons (Fsp3) is 0.316. The van der Waals surface area contributed by atoms with Crippen molar-refractivity contribution in [2.45, 2.75) is 17.7 Å². The predicted molar refractivity (Wildman–Crippen MR) is 100 cm³/mol. The quantitative estimate of drug-likeness (QED) is 0.804. The van der Waals surface area contributed by atoms with Gasteiger partial charge in [-0.2, -0.15) is 0 Å². The molecular formula is C19H22N2O4S. The molecule has 3 rings (SSSR count). The molecule has 0 atom stereocenters. The van der Waals surface area contributed by atoms with Gasteiger partial charge in [-0.05, 0) is 47.9 Å². The highest BCUT2D eigenvalue weighted by Crippen LogP contribution is 2.31. The Hall–Kier alpha value is -2.38. The van der Waals surface area contributed by atoms with E-state index in [1.807, 2.05) is 24.3 Å². The molecule has 0 fully saturated rings. The van der Waals surface area contributed by atoms with E-state index in [-0.39, 0.29) is 10.8 Å². The molecule has 0 radical (unpaired) electrons. The van der Waals surface area contributed by atoms with Crippen LogP contribution in [0.3, 0.4) is 0 Å². The fourth-order valence-corrected chi connectivity index (χ4v) is 3.97. The van der Waals surface area contributed by atoms with Crippen molar-refractivity contribution in [3.8, 4) is 5.75 Å². The SMILES string of the molecule is COc1ccc(CC(=O)N2CCc3cc(S(=O)(=O)N(C)C)ccc32)cc1. The third-order valence-corrected chi connectivity index (χ3v) is 6.35. The number of sulfonamides is 1. The lowest BCUT2D eigenvalue weighted by Gasteiger charge is -2.18. The van der Waals surface area contributed by atoms with Crippen molar-refractivity contribution in [2.75, 3.05) is 32.6 Å². The van der Waals surface area contributed by atoms with Gasteiger partial charge >= 0.3 is 0 Å². The van der Waals surface area contributed by atoms with E-state index < -0.39 is 10.0 Å². The molecule has 0 spiro atoms. The average Bonchev–Trinajstić information content (AvgIpc) is 3.05. The van der Waals surface area contributed by atoms with Gasteiger partial charge in [-0.3, -0.25) is 4.79 Å². The van der Waals surface area contributed by atoms with Crippen LogP contribution in [0.15, 0.2) is 47.4 Å². The number of hydrogen-bond donors (Lipinski definition) is 0. The normalized spacial score (nSPS) is 13.8. The number of amides is 1. The molecule has 0 aromatic heterocycles. The number of hydrogen-bond acceptors (Lipinski definition) is 4. The zero-order chi connectivity index (χ0) is 18.9. The summed E-state index contributed by atoms with van der Waals surface area (Å²) < 4.78 is 30.9. The monoisotopic (exact) mass is 374 g/mol. The lowest BCUT2D eigenvalue weighted by atomic mass is 10.1. The molecular weight excluding hydrogens is 352 g/mol. The number of methoxy groups -OCH3 is 1. The summed E-state index contributed by atoms with van der Waals surface area (Å²) in [4.78, 5) is 14.7. The standard InChI is InChI=1S/C19H22N2O4S/c1-20(2)26(23,24)17-8-9-18-15(13-17)10-11-21(18)19(22)12-14-4-6-16(25-3)7-5-14/h4-9,13H,10-12H2,1-3H3. The zero-order valence-electron chi connectivity index (χ0n) is 15.1. The Morgan fingerprint density at radius 2 is 1.85 bits per heavy atom. The van der Waals surface area contributed by atoms with Crippen LogP contribution in [-0.2, 0) is 27.7 Å². The molecule has 1 aliphatic rings. The maximum atomic E-state index is 12.7. The van der Waals surface area contributed by atoms with Gasteiger partial charge in [0.05, 0.1) is 18.4 Å². The number of nitrogens with zero attached hydrogens (tertiary/aromatic N) is 2. The Bertz CT molecular complexity index is 921. The first-order chi connectivity index (χ1) is 12.3. The van der Waals surface area contributed by atoms with Crippen LogP contribution in [0.1, 0.15) is 11.1 Å². The van der Waals surface area contributed by atoms with E-state index in [1.165, 1.54) is 18.4 Å². The Balaban J connectivity index is 1.79. The van der Waals surface area contributed by atoms with Gasteiger partial charge in [0.25, 0.3) is 0 Å². The summed E-state index contributed by atoms with van der Waals surface area (Å²) in [5.74, 6) is 0.750. The van der Waals surface area contributed by atoms with Crippen LogP contribution in [0.2, 0.25) is 0 Å². The summed E-state index contributed by atoms with van der Waals surface area (Å²) >= 11 is 0. The molecule has 2 aromatic carbocycles. The van der Waals surface area contributed by atoms with Crippen LogP contribution in [0.4, 0.5) is 5.69 Å². The van der Waals surface area contributed by atoms with E-state index in [9.17, 15) is 13.2 Å². The fourth-order valence-electron chi connectivity index (χ4n) is 3.02. The van der Waals surface area contributed by atoms with Crippen molar-refractivity contribution < 1.29 is 17.9 Å².